The van der Waals surface area contributed by atoms with Crippen molar-refractivity contribution >= 4 is 5.91 Å². The minimum absolute atomic E-state index is 0.165. The van der Waals surface area contributed by atoms with Gasteiger partial charge in [-0.15, -0.1) is 0 Å². The molecule has 3 rings (SSSR count). The molecule has 1 atom stereocenters. The summed E-state index contributed by atoms with van der Waals surface area (Å²) in [5, 5.41) is 0. The molecule has 1 aliphatic rings. The largest absolute Gasteiger partial charge is 0.493 e. The lowest BCUT2D eigenvalue weighted by molar-refractivity contribution is 0.0631. The fourth-order valence-corrected chi connectivity index (χ4v) is 3.63. The van der Waals surface area contributed by atoms with E-state index in [1.54, 1.807) is 15.5 Å². The van der Waals surface area contributed by atoms with Crippen LogP contribution in [0.15, 0.2) is 41.2 Å². The first-order valence-corrected chi connectivity index (χ1v) is 9.68. The van der Waals surface area contributed by atoms with Crippen molar-refractivity contribution in [1.29, 1.82) is 0 Å². The number of benzene rings is 1. The highest BCUT2D eigenvalue weighted by molar-refractivity contribution is 5.94. The van der Waals surface area contributed by atoms with Crippen molar-refractivity contribution in [3.05, 3.63) is 63.6 Å². The van der Waals surface area contributed by atoms with Crippen LogP contribution in [0.5, 0.6) is 5.75 Å². The van der Waals surface area contributed by atoms with Crippen molar-refractivity contribution in [2.24, 2.45) is 5.92 Å². The number of ether oxygens (including phenoxy) is 1. The Balaban J connectivity index is 1.66. The monoisotopic (exact) mass is 368 g/mol. The molecular weight excluding hydrogens is 340 g/mol. The van der Waals surface area contributed by atoms with Gasteiger partial charge in [-0.05, 0) is 57.9 Å². The number of carbonyl (C=O) groups is 1. The van der Waals surface area contributed by atoms with Gasteiger partial charge >= 0.3 is 0 Å². The number of aryl methyl sites for hydroxylation is 2. The molecule has 0 aliphatic carbocycles. The van der Waals surface area contributed by atoms with Crippen molar-refractivity contribution < 1.29 is 9.53 Å². The molecule has 5 heteroatoms. The summed E-state index contributed by atoms with van der Waals surface area (Å²) in [6.45, 7) is 8.33. The predicted octanol–water partition coefficient (Wildman–Crippen LogP) is 3.42. The zero-order valence-corrected chi connectivity index (χ0v) is 16.4. The number of piperidine rings is 1. The highest BCUT2D eigenvalue weighted by atomic mass is 16.5. The van der Waals surface area contributed by atoms with Crippen LogP contribution in [0.4, 0.5) is 0 Å². The van der Waals surface area contributed by atoms with Crippen molar-refractivity contribution in [3.8, 4) is 5.75 Å². The SMILES string of the molecule is CCn1c(C)ccc(C(=O)N2CCC[C@H](COc3ccc(C)cc3)C2)c1=O. The zero-order valence-electron chi connectivity index (χ0n) is 16.4. The fourth-order valence-electron chi connectivity index (χ4n) is 3.63. The number of hydrogen-bond donors (Lipinski definition) is 0. The highest BCUT2D eigenvalue weighted by Crippen LogP contribution is 2.20. The summed E-state index contributed by atoms with van der Waals surface area (Å²) in [6, 6.07) is 11.5. The van der Waals surface area contributed by atoms with Gasteiger partial charge < -0.3 is 14.2 Å². The Bertz CT molecular complexity index is 855. The van der Waals surface area contributed by atoms with Crippen LogP contribution in [-0.4, -0.2) is 35.1 Å². The molecule has 1 aromatic heterocycles. The fraction of sp³-hybridized carbons (Fsp3) is 0.455. The molecule has 2 aromatic rings. The second-order valence-corrected chi connectivity index (χ2v) is 7.32. The van der Waals surface area contributed by atoms with E-state index >= 15 is 0 Å². The maximum Gasteiger partial charge on any atom is 0.263 e. The predicted molar refractivity (Wildman–Crippen MR) is 106 cm³/mol. The molecule has 0 bridgehead atoms. The molecule has 27 heavy (non-hydrogen) atoms. The molecule has 0 saturated carbocycles. The van der Waals surface area contributed by atoms with E-state index in [2.05, 4.69) is 0 Å². The number of amides is 1. The van der Waals surface area contributed by atoms with Crippen LogP contribution in [0.2, 0.25) is 0 Å². The molecule has 1 aliphatic heterocycles. The number of likely N-dealkylation sites (tertiary alicyclic amines) is 1. The summed E-state index contributed by atoms with van der Waals surface area (Å²) in [5.41, 5.74) is 2.15. The lowest BCUT2D eigenvalue weighted by Gasteiger charge is -2.32. The molecule has 0 unspecified atom stereocenters. The van der Waals surface area contributed by atoms with Crippen LogP contribution in [0.3, 0.4) is 0 Å². The Morgan fingerprint density at radius 2 is 1.89 bits per heavy atom. The van der Waals surface area contributed by atoms with Gasteiger partial charge in [-0.3, -0.25) is 9.59 Å². The number of hydrogen-bond acceptors (Lipinski definition) is 3. The Morgan fingerprint density at radius 3 is 2.59 bits per heavy atom. The molecule has 0 N–H and O–H groups in total. The van der Waals surface area contributed by atoms with E-state index in [0.29, 0.717) is 26.2 Å². The van der Waals surface area contributed by atoms with Gasteiger partial charge in [0, 0.05) is 31.2 Å². The van der Waals surface area contributed by atoms with Crippen LogP contribution in [0.25, 0.3) is 0 Å². The van der Waals surface area contributed by atoms with Gasteiger partial charge in [0.15, 0.2) is 0 Å². The maximum absolute atomic E-state index is 12.9. The summed E-state index contributed by atoms with van der Waals surface area (Å²) < 4.78 is 7.55. The molecule has 5 nitrogen and oxygen atoms in total. The summed E-state index contributed by atoms with van der Waals surface area (Å²) in [4.78, 5) is 27.3. The van der Waals surface area contributed by atoms with Crippen LogP contribution in [0.1, 0.15) is 41.4 Å². The van der Waals surface area contributed by atoms with Gasteiger partial charge in [-0.25, -0.2) is 0 Å². The van der Waals surface area contributed by atoms with E-state index in [4.69, 9.17) is 4.74 Å². The molecule has 1 amide bonds. The molecule has 1 saturated heterocycles. The van der Waals surface area contributed by atoms with Gasteiger partial charge in [-0.1, -0.05) is 17.7 Å². The Morgan fingerprint density at radius 1 is 1.15 bits per heavy atom. The van der Waals surface area contributed by atoms with Crippen LogP contribution >= 0.6 is 0 Å². The Labute approximate surface area is 160 Å². The van der Waals surface area contributed by atoms with Crippen molar-refractivity contribution in [3.63, 3.8) is 0 Å². The minimum atomic E-state index is -0.194. The highest BCUT2D eigenvalue weighted by Gasteiger charge is 2.26. The molecule has 0 spiro atoms. The van der Waals surface area contributed by atoms with Gasteiger partial charge in [0.1, 0.15) is 11.3 Å². The standard InChI is InChI=1S/C22H28N2O3/c1-4-24-17(3)9-12-20(22(24)26)21(25)23-13-5-6-18(14-23)15-27-19-10-7-16(2)8-11-19/h7-12,18H,4-6,13-15H2,1-3H3/t18-/m0/s1. The van der Waals surface area contributed by atoms with Crippen molar-refractivity contribution in [1.82, 2.24) is 9.47 Å². The molecule has 144 valence electrons. The normalized spacial score (nSPS) is 17.0. The van der Waals surface area contributed by atoms with Gasteiger partial charge in [0.2, 0.25) is 0 Å². The van der Waals surface area contributed by atoms with E-state index in [-0.39, 0.29) is 22.9 Å². The Kier molecular flexibility index (Phi) is 5.99. The number of aromatic nitrogens is 1. The second kappa shape index (κ2) is 8.42. The second-order valence-electron chi connectivity index (χ2n) is 7.32. The molecule has 0 radical (unpaired) electrons. The molecule has 1 aromatic carbocycles. The maximum atomic E-state index is 12.9. The van der Waals surface area contributed by atoms with Crippen LogP contribution < -0.4 is 10.3 Å². The quantitative estimate of drug-likeness (QED) is 0.813. The average molecular weight is 368 g/mol. The lowest BCUT2D eigenvalue weighted by atomic mass is 9.98. The average Bonchev–Trinajstić information content (AvgIpc) is 2.68. The Hall–Kier alpha value is -2.56. The molecule has 2 heterocycles. The third kappa shape index (κ3) is 4.41. The van der Waals surface area contributed by atoms with Gasteiger partial charge in [-0.2, -0.15) is 0 Å². The first-order valence-electron chi connectivity index (χ1n) is 9.68. The van der Waals surface area contributed by atoms with E-state index < -0.39 is 0 Å². The van der Waals surface area contributed by atoms with Crippen LogP contribution in [-0.2, 0) is 6.54 Å². The van der Waals surface area contributed by atoms with E-state index in [1.165, 1.54) is 5.56 Å². The first kappa shape index (κ1) is 19.2. The summed E-state index contributed by atoms with van der Waals surface area (Å²) in [6.07, 6.45) is 1.96. The third-order valence-electron chi connectivity index (χ3n) is 5.25. The van der Waals surface area contributed by atoms with E-state index in [1.807, 2.05) is 51.1 Å². The summed E-state index contributed by atoms with van der Waals surface area (Å²) in [7, 11) is 0. The summed E-state index contributed by atoms with van der Waals surface area (Å²) in [5.74, 6) is 0.971. The van der Waals surface area contributed by atoms with Crippen molar-refractivity contribution in [2.45, 2.75) is 40.2 Å². The minimum Gasteiger partial charge on any atom is -0.493 e. The third-order valence-corrected chi connectivity index (χ3v) is 5.25. The molecular formula is C22H28N2O3. The topological polar surface area (TPSA) is 51.5 Å². The number of pyridine rings is 1. The first-order chi connectivity index (χ1) is 13.0. The summed E-state index contributed by atoms with van der Waals surface area (Å²) >= 11 is 0. The number of rotatable bonds is 5. The number of nitrogens with zero attached hydrogens (tertiary/aromatic N) is 2. The van der Waals surface area contributed by atoms with E-state index in [0.717, 1.165) is 24.3 Å². The van der Waals surface area contributed by atoms with Crippen LogP contribution in [0, 0.1) is 19.8 Å². The van der Waals surface area contributed by atoms with E-state index in [9.17, 15) is 9.59 Å². The smallest absolute Gasteiger partial charge is 0.263 e. The zero-order chi connectivity index (χ0) is 19.4. The lowest BCUT2D eigenvalue weighted by Crippen LogP contribution is -2.44. The molecule has 1 fully saturated rings. The van der Waals surface area contributed by atoms with Gasteiger partial charge in [0.05, 0.1) is 6.61 Å². The van der Waals surface area contributed by atoms with Gasteiger partial charge in [0.25, 0.3) is 11.5 Å². The van der Waals surface area contributed by atoms with Crippen molar-refractivity contribution in [2.75, 3.05) is 19.7 Å². The number of carbonyl (C=O) groups excluding carboxylic acids is 1.